The van der Waals surface area contributed by atoms with Gasteiger partial charge in [-0.3, -0.25) is 14.4 Å². The molecule has 1 atom stereocenters. The number of aryl methyl sites for hydroxylation is 2. The topological polar surface area (TPSA) is 81.2 Å². The Bertz CT molecular complexity index is 1320. The number of ketones is 1. The summed E-state index contributed by atoms with van der Waals surface area (Å²) in [5.74, 6) is -0.813. The quantitative estimate of drug-likeness (QED) is 0.310. The number of thiazole rings is 1. The lowest BCUT2D eigenvalue weighted by molar-refractivity contribution is -0.147. The van der Waals surface area contributed by atoms with Crippen molar-refractivity contribution in [1.29, 1.82) is 0 Å². The fraction of sp³-hybridized carbons (Fsp3) is 0.240. The van der Waals surface area contributed by atoms with Crippen molar-refractivity contribution >= 4 is 34.0 Å². The Hall–Kier alpha value is -3.45. The third-order valence-electron chi connectivity index (χ3n) is 5.55. The predicted octanol–water partition coefficient (Wildman–Crippen LogP) is 4.82. The first-order valence-electron chi connectivity index (χ1n) is 10.5. The summed E-state index contributed by atoms with van der Waals surface area (Å²) in [6.07, 6.45) is 1.46. The fourth-order valence-corrected chi connectivity index (χ4v) is 4.59. The van der Waals surface area contributed by atoms with Crippen molar-refractivity contribution in [3.63, 3.8) is 0 Å². The van der Waals surface area contributed by atoms with Crippen LogP contribution in [0.5, 0.6) is 0 Å². The maximum atomic E-state index is 13.5. The molecule has 0 saturated heterocycles. The van der Waals surface area contributed by atoms with Crippen LogP contribution < -0.4 is 4.87 Å². The number of Topliss-reactive ketones (excluding diaryl/α,β-unsaturated/α-hetero) is 1. The lowest BCUT2D eigenvalue weighted by Gasteiger charge is -2.17. The average molecular weight is 449 g/mol. The number of H-pyrrole nitrogens is 1. The number of para-hydroxylation sites is 1. The molecule has 4 rings (SSSR count). The van der Waals surface area contributed by atoms with Crippen molar-refractivity contribution < 1.29 is 14.3 Å². The first kappa shape index (κ1) is 21.8. The van der Waals surface area contributed by atoms with E-state index in [0.29, 0.717) is 11.1 Å². The maximum absolute atomic E-state index is 13.5. The van der Waals surface area contributed by atoms with Gasteiger partial charge in [0.25, 0.3) is 0 Å². The molecule has 0 spiro atoms. The smallest absolute Gasteiger partial charge is 0.308 e. The summed E-state index contributed by atoms with van der Waals surface area (Å²) in [4.78, 5) is 41.2. The number of rotatable bonds is 8. The number of esters is 1. The second kappa shape index (κ2) is 9.36. The van der Waals surface area contributed by atoms with Crippen LogP contribution in [0.3, 0.4) is 0 Å². The standard InChI is InChI=1S/C25H24N2O4S/c1-3-17-10-7-11-19-20(14-26-22(17)19)23(29)24(18-8-5-4-6-9-18)31-21(28)12-13-27-16(2)15-32-25(27)30/h4-11,14-15,24,26H,3,12-13H2,1-2H3. The largest absolute Gasteiger partial charge is 0.449 e. The summed E-state index contributed by atoms with van der Waals surface area (Å²) in [6.45, 7) is 4.10. The molecule has 6 nitrogen and oxygen atoms in total. The lowest BCUT2D eigenvalue weighted by atomic mass is 9.98. The first-order chi connectivity index (χ1) is 15.5. The van der Waals surface area contributed by atoms with Crippen LogP contribution in [0.4, 0.5) is 0 Å². The molecule has 0 saturated carbocycles. The van der Waals surface area contributed by atoms with Crippen LogP contribution in [0, 0.1) is 6.92 Å². The normalized spacial score (nSPS) is 12.1. The molecule has 2 aromatic heterocycles. The number of benzene rings is 2. The van der Waals surface area contributed by atoms with Crippen molar-refractivity contribution in [1.82, 2.24) is 9.55 Å². The van der Waals surface area contributed by atoms with E-state index in [-0.39, 0.29) is 23.6 Å². The summed E-state index contributed by atoms with van der Waals surface area (Å²) < 4.78 is 7.23. The highest BCUT2D eigenvalue weighted by atomic mass is 32.1. The monoisotopic (exact) mass is 448 g/mol. The van der Waals surface area contributed by atoms with E-state index in [4.69, 9.17) is 4.74 Å². The molecular formula is C25H24N2O4S. The number of ether oxygens (including phenoxy) is 1. The van der Waals surface area contributed by atoms with Gasteiger partial charge in [-0.2, -0.15) is 0 Å². The number of hydrogen-bond acceptors (Lipinski definition) is 5. The van der Waals surface area contributed by atoms with E-state index >= 15 is 0 Å². The van der Waals surface area contributed by atoms with Gasteiger partial charge < -0.3 is 14.3 Å². The van der Waals surface area contributed by atoms with E-state index in [1.165, 1.54) is 4.57 Å². The van der Waals surface area contributed by atoms with Gasteiger partial charge in [-0.25, -0.2) is 0 Å². The molecule has 1 unspecified atom stereocenters. The van der Waals surface area contributed by atoms with Gasteiger partial charge in [0.2, 0.25) is 5.78 Å². The minimum Gasteiger partial charge on any atom is -0.449 e. The fourth-order valence-electron chi connectivity index (χ4n) is 3.83. The second-order valence-corrected chi connectivity index (χ2v) is 8.41. The minimum absolute atomic E-state index is 0.00195. The molecule has 0 aliphatic heterocycles. The lowest BCUT2D eigenvalue weighted by Crippen LogP contribution is -2.22. The van der Waals surface area contributed by atoms with Crippen LogP contribution in [0.15, 0.2) is 64.9 Å². The van der Waals surface area contributed by atoms with Gasteiger partial charge in [0.1, 0.15) is 0 Å². The molecule has 2 heterocycles. The van der Waals surface area contributed by atoms with E-state index in [0.717, 1.165) is 39.9 Å². The van der Waals surface area contributed by atoms with Gasteiger partial charge >= 0.3 is 10.8 Å². The highest BCUT2D eigenvalue weighted by Gasteiger charge is 2.28. The van der Waals surface area contributed by atoms with Crippen LogP contribution in [0.1, 0.15) is 46.6 Å². The van der Waals surface area contributed by atoms with Crippen LogP contribution in [0.25, 0.3) is 10.9 Å². The molecule has 32 heavy (non-hydrogen) atoms. The average Bonchev–Trinajstić information content (AvgIpc) is 3.39. The molecule has 0 radical (unpaired) electrons. The molecule has 0 aliphatic rings. The Kier molecular flexibility index (Phi) is 6.37. The number of carbonyl (C=O) groups is 2. The number of fused-ring (bicyclic) bond motifs is 1. The van der Waals surface area contributed by atoms with Crippen molar-refractivity contribution in [3.8, 4) is 0 Å². The molecule has 0 amide bonds. The number of hydrogen-bond donors (Lipinski definition) is 1. The van der Waals surface area contributed by atoms with Crippen molar-refractivity contribution in [3.05, 3.63) is 92.2 Å². The van der Waals surface area contributed by atoms with Gasteiger partial charge in [-0.15, -0.1) is 0 Å². The number of aromatic amines is 1. The molecule has 0 aliphatic carbocycles. The zero-order chi connectivity index (χ0) is 22.7. The Morgan fingerprint density at radius 2 is 1.91 bits per heavy atom. The van der Waals surface area contributed by atoms with E-state index in [1.54, 1.807) is 23.7 Å². The number of nitrogens with zero attached hydrogens (tertiary/aromatic N) is 1. The third kappa shape index (κ3) is 4.29. The minimum atomic E-state index is -1.06. The van der Waals surface area contributed by atoms with E-state index in [2.05, 4.69) is 11.9 Å². The molecule has 7 heteroatoms. The van der Waals surface area contributed by atoms with E-state index in [9.17, 15) is 14.4 Å². The number of nitrogens with one attached hydrogen (secondary N) is 1. The molecule has 4 aromatic rings. The summed E-state index contributed by atoms with van der Waals surface area (Å²) in [5, 5.41) is 2.57. The molecule has 164 valence electrons. The van der Waals surface area contributed by atoms with Gasteiger partial charge in [0.05, 0.1) is 6.42 Å². The number of aromatic nitrogens is 2. The van der Waals surface area contributed by atoms with E-state index < -0.39 is 12.1 Å². The highest BCUT2D eigenvalue weighted by molar-refractivity contribution is 7.07. The third-order valence-corrected chi connectivity index (χ3v) is 6.43. The Balaban J connectivity index is 1.61. The molecule has 1 N–H and O–H groups in total. The summed E-state index contributed by atoms with van der Waals surface area (Å²) in [5.41, 5.74) is 3.93. The van der Waals surface area contributed by atoms with E-state index in [1.807, 2.05) is 43.3 Å². The summed E-state index contributed by atoms with van der Waals surface area (Å²) in [6, 6.07) is 14.9. The predicted molar refractivity (Wildman–Crippen MR) is 125 cm³/mol. The Labute approximate surface area is 189 Å². The Morgan fingerprint density at radius 1 is 1.12 bits per heavy atom. The molecule has 2 aromatic carbocycles. The van der Waals surface area contributed by atoms with Crippen LogP contribution >= 0.6 is 11.3 Å². The van der Waals surface area contributed by atoms with Crippen molar-refractivity contribution in [2.24, 2.45) is 0 Å². The Morgan fingerprint density at radius 3 is 2.59 bits per heavy atom. The molecular weight excluding hydrogens is 424 g/mol. The van der Waals surface area contributed by atoms with Gasteiger partial charge in [0, 0.05) is 45.8 Å². The van der Waals surface area contributed by atoms with Crippen LogP contribution in [-0.2, 0) is 22.5 Å². The van der Waals surface area contributed by atoms with Gasteiger partial charge in [-0.1, -0.05) is 66.8 Å². The highest BCUT2D eigenvalue weighted by Crippen LogP contribution is 2.29. The zero-order valence-electron chi connectivity index (χ0n) is 18.0. The van der Waals surface area contributed by atoms with Crippen LogP contribution in [0.2, 0.25) is 0 Å². The first-order valence-corrected chi connectivity index (χ1v) is 11.4. The second-order valence-electron chi connectivity index (χ2n) is 7.59. The number of carbonyl (C=O) groups excluding carboxylic acids is 2. The van der Waals surface area contributed by atoms with Crippen molar-refractivity contribution in [2.75, 3.05) is 0 Å². The zero-order valence-corrected chi connectivity index (χ0v) is 18.8. The molecule has 0 fully saturated rings. The maximum Gasteiger partial charge on any atom is 0.308 e. The van der Waals surface area contributed by atoms with Crippen LogP contribution in [-0.4, -0.2) is 21.3 Å². The summed E-state index contributed by atoms with van der Waals surface area (Å²) in [7, 11) is 0. The van der Waals surface area contributed by atoms with Crippen molar-refractivity contribution in [2.45, 2.75) is 39.3 Å². The summed E-state index contributed by atoms with van der Waals surface area (Å²) >= 11 is 1.10. The molecule has 0 bridgehead atoms. The van der Waals surface area contributed by atoms with Gasteiger partial charge in [0.15, 0.2) is 6.10 Å². The van der Waals surface area contributed by atoms with Gasteiger partial charge in [-0.05, 0) is 18.9 Å². The SMILES string of the molecule is CCc1cccc2c(C(=O)C(OC(=O)CCn3c(C)csc3=O)c3ccccc3)c[nH]c12.